The van der Waals surface area contributed by atoms with Gasteiger partial charge < -0.3 is 0 Å². The van der Waals surface area contributed by atoms with E-state index < -0.39 is 31.4 Å². The molecule has 7 nitrogen and oxygen atoms in total. The number of sulfonamides is 1. The minimum absolute atomic E-state index is 0.100. The first-order chi connectivity index (χ1) is 8.07. The number of nitrogens with one attached hydrogen (secondary N) is 1. The van der Waals surface area contributed by atoms with E-state index in [1.807, 2.05) is 0 Å². The highest BCUT2D eigenvalue weighted by molar-refractivity contribution is 7.95. The number of anilines is 1. The molecule has 102 valence electrons. The fourth-order valence-electron chi connectivity index (χ4n) is 1.03. The summed E-state index contributed by atoms with van der Waals surface area (Å²) < 4.78 is 47.0. The van der Waals surface area contributed by atoms with Gasteiger partial charge in [0, 0.05) is 11.9 Å². The van der Waals surface area contributed by atoms with Crippen LogP contribution >= 0.6 is 11.6 Å². The topological polar surface area (TPSA) is 106 Å². The van der Waals surface area contributed by atoms with E-state index in [0.717, 1.165) is 6.26 Å². The summed E-state index contributed by atoms with van der Waals surface area (Å²) >= 11 is 5.65. The lowest BCUT2D eigenvalue weighted by Gasteiger charge is -2.06. The van der Waals surface area contributed by atoms with E-state index in [-0.39, 0.29) is 11.1 Å². The van der Waals surface area contributed by atoms with E-state index in [1.165, 1.54) is 6.07 Å². The molecule has 1 heterocycles. The van der Waals surface area contributed by atoms with Crippen molar-refractivity contribution < 1.29 is 16.8 Å². The highest BCUT2D eigenvalue weighted by Crippen LogP contribution is 2.10. The van der Waals surface area contributed by atoms with Crippen LogP contribution in [0.4, 0.5) is 5.95 Å². The summed E-state index contributed by atoms with van der Waals surface area (Å²) in [4.78, 5) is 7.51. The highest BCUT2D eigenvalue weighted by atomic mass is 35.5. The highest BCUT2D eigenvalue weighted by Gasteiger charge is 2.16. The Labute approximate surface area is 111 Å². The number of sulfone groups is 1. The largest absolute Gasteiger partial charge is 0.251 e. The maximum atomic E-state index is 11.6. The summed E-state index contributed by atoms with van der Waals surface area (Å²) in [5.41, 5.74) is 0.496. The Morgan fingerprint density at radius 2 is 1.83 bits per heavy atom. The standard InChI is InChI=1S/C8H12ClN3O4S2/c1-6-5-7(9)11-8(10-6)12-18(15,16)4-3-17(2,13)14/h5H,3-4H2,1-2H3,(H,10,11,12). The Balaban J connectivity index is 2.83. The van der Waals surface area contributed by atoms with E-state index in [2.05, 4.69) is 14.7 Å². The molecule has 0 aliphatic rings. The van der Waals surface area contributed by atoms with Crippen LogP contribution in [0.5, 0.6) is 0 Å². The minimum Gasteiger partial charge on any atom is -0.251 e. The maximum absolute atomic E-state index is 11.6. The maximum Gasteiger partial charge on any atom is 0.238 e. The number of halogens is 1. The average molecular weight is 314 g/mol. The van der Waals surface area contributed by atoms with Crippen molar-refractivity contribution in [2.24, 2.45) is 0 Å². The molecule has 0 amide bonds. The molecule has 0 atom stereocenters. The van der Waals surface area contributed by atoms with E-state index in [0.29, 0.717) is 5.69 Å². The number of rotatable bonds is 5. The van der Waals surface area contributed by atoms with Gasteiger partial charge in [0.25, 0.3) is 0 Å². The molecule has 0 spiro atoms. The quantitative estimate of drug-likeness (QED) is 0.780. The van der Waals surface area contributed by atoms with Gasteiger partial charge in [0.15, 0.2) is 0 Å². The predicted molar refractivity (Wildman–Crippen MR) is 68.9 cm³/mol. The van der Waals surface area contributed by atoms with Gasteiger partial charge in [-0.2, -0.15) is 0 Å². The van der Waals surface area contributed by atoms with E-state index in [9.17, 15) is 16.8 Å². The number of hydrogen-bond acceptors (Lipinski definition) is 6. The normalized spacial score (nSPS) is 12.4. The van der Waals surface area contributed by atoms with E-state index in [4.69, 9.17) is 11.6 Å². The molecular weight excluding hydrogens is 302 g/mol. The monoisotopic (exact) mass is 313 g/mol. The first-order valence-electron chi connectivity index (χ1n) is 4.77. The summed E-state index contributed by atoms with van der Waals surface area (Å²) in [6.07, 6.45) is 0.961. The van der Waals surface area contributed by atoms with Crippen molar-refractivity contribution in [3.63, 3.8) is 0 Å². The van der Waals surface area contributed by atoms with Gasteiger partial charge in [-0.25, -0.2) is 26.8 Å². The number of nitrogens with zero attached hydrogens (tertiary/aromatic N) is 2. The van der Waals surface area contributed by atoms with E-state index in [1.54, 1.807) is 6.92 Å². The Bertz CT molecular complexity index is 622. The Kier molecular flexibility index (Phi) is 4.51. The van der Waals surface area contributed by atoms with Crippen molar-refractivity contribution in [2.45, 2.75) is 6.92 Å². The molecule has 1 N–H and O–H groups in total. The zero-order valence-corrected chi connectivity index (χ0v) is 12.1. The molecule has 0 fully saturated rings. The van der Waals surface area contributed by atoms with Crippen molar-refractivity contribution >= 4 is 37.4 Å². The molecule has 0 aliphatic heterocycles. The second-order valence-corrected chi connectivity index (χ2v) is 8.20. The van der Waals surface area contributed by atoms with Crippen molar-refractivity contribution in [1.82, 2.24) is 9.97 Å². The average Bonchev–Trinajstić information content (AvgIpc) is 2.11. The fraction of sp³-hybridized carbons (Fsp3) is 0.500. The number of aromatic nitrogens is 2. The lowest BCUT2D eigenvalue weighted by molar-refractivity contribution is 0.593. The van der Waals surface area contributed by atoms with Crippen LogP contribution in [0.25, 0.3) is 0 Å². The second kappa shape index (κ2) is 5.37. The molecule has 1 rings (SSSR count). The van der Waals surface area contributed by atoms with Crippen LogP contribution < -0.4 is 4.72 Å². The van der Waals surface area contributed by atoms with Gasteiger partial charge in [0.2, 0.25) is 16.0 Å². The third-order valence-corrected chi connectivity index (χ3v) is 4.43. The smallest absolute Gasteiger partial charge is 0.238 e. The van der Waals surface area contributed by atoms with Gasteiger partial charge in [-0.05, 0) is 13.0 Å². The predicted octanol–water partition coefficient (Wildman–Crippen LogP) is 0.225. The summed E-state index contributed by atoms with van der Waals surface area (Å²) in [6, 6.07) is 1.47. The Hall–Kier alpha value is -0.930. The van der Waals surface area contributed by atoms with Gasteiger partial charge in [0.05, 0.1) is 11.5 Å². The molecule has 10 heteroatoms. The third-order valence-electron chi connectivity index (χ3n) is 1.79. The molecule has 18 heavy (non-hydrogen) atoms. The zero-order chi connectivity index (χ0) is 14.0. The van der Waals surface area contributed by atoms with Gasteiger partial charge in [-0.15, -0.1) is 0 Å². The lowest BCUT2D eigenvalue weighted by Crippen LogP contribution is -2.23. The SMILES string of the molecule is Cc1cc(Cl)nc(NS(=O)(=O)CCS(C)(=O)=O)n1. The Morgan fingerprint density at radius 3 is 2.33 bits per heavy atom. The molecule has 0 aliphatic carbocycles. The molecule has 0 unspecified atom stereocenters. The van der Waals surface area contributed by atoms with Crippen molar-refractivity contribution in [3.8, 4) is 0 Å². The lowest BCUT2D eigenvalue weighted by atomic mass is 10.5. The van der Waals surface area contributed by atoms with Crippen molar-refractivity contribution in [3.05, 3.63) is 16.9 Å². The molecule has 0 aromatic carbocycles. The summed E-state index contributed by atoms with van der Waals surface area (Å²) in [5.74, 6) is -1.20. The molecule has 0 radical (unpaired) electrons. The van der Waals surface area contributed by atoms with Crippen LogP contribution in [0, 0.1) is 6.92 Å². The zero-order valence-electron chi connectivity index (χ0n) is 9.71. The molecule has 0 saturated carbocycles. The molecular formula is C8H12ClN3O4S2. The second-order valence-electron chi connectivity index (χ2n) is 3.71. The van der Waals surface area contributed by atoms with Crippen LogP contribution in [0.1, 0.15) is 5.69 Å². The minimum atomic E-state index is -3.81. The number of aryl methyl sites for hydroxylation is 1. The number of hydrogen-bond donors (Lipinski definition) is 1. The van der Waals surface area contributed by atoms with Crippen LogP contribution in [0.15, 0.2) is 6.07 Å². The van der Waals surface area contributed by atoms with Gasteiger partial charge in [0.1, 0.15) is 15.0 Å². The van der Waals surface area contributed by atoms with Gasteiger partial charge >= 0.3 is 0 Å². The van der Waals surface area contributed by atoms with Crippen molar-refractivity contribution in [1.29, 1.82) is 0 Å². The first kappa shape index (κ1) is 15.1. The van der Waals surface area contributed by atoms with Crippen LogP contribution in [-0.4, -0.2) is 44.6 Å². The molecule has 1 aromatic rings. The summed E-state index contributed by atoms with van der Waals surface area (Å²) in [6.45, 7) is 1.63. The van der Waals surface area contributed by atoms with Gasteiger partial charge in [-0.3, -0.25) is 4.72 Å². The first-order valence-corrected chi connectivity index (χ1v) is 8.86. The fourth-order valence-corrected chi connectivity index (χ4v) is 3.83. The van der Waals surface area contributed by atoms with Gasteiger partial charge in [-0.1, -0.05) is 11.6 Å². The molecule has 0 bridgehead atoms. The van der Waals surface area contributed by atoms with Crippen LogP contribution in [-0.2, 0) is 19.9 Å². The summed E-state index contributed by atoms with van der Waals surface area (Å²) in [7, 11) is -7.17. The Morgan fingerprint density at radius 1 is 1.22 bits per heavy atom. The van der Waals surface area contributed by atoms with Crippen LogP contribution in [0.3, 0.4) is 0 Å². The third kappa shape index (κ3) is 5.61. The van der Waals surface area contributed by atoms with Crippen LogP contribution in [0.2, 0.25) is 5.15 Å². The van der Waals surface area contributed by atoms with E-state index >= 15 is 0 Å². The summed E-state index contributed by atoms with van der Waals surface area (Å²) in [5, 5.41) is 0.100. The van der Waals surface area contributed by atoms with Crippen molar-refractivity contribution in [2.75, 3.05) is 22.5 Å². The molecule has 1 aromatic heterocycles. The molecule has 0 saturated heterocycles.